The molecule has 1 aromatic heterocycles. The topological polar surface area (TPSA) is 36.0 Å². The van der Waals surface area contributed by atoms with Crippen LogP contribution in [0.1, 0.15) is 23.8 Å². The summed E-state index contributed by atoms with van der Waals surface area (Å²) in [6.07, 6.45) is 2.41. The van der Waals surface area contributed by atoms with Crippen LogP contribution in [0.2, 0.25) is 0 Å². The predicted molar refractivity (Wildman–Crippen MR) is 92.7 cm³/mol. The van der Waals surface area contributed by atoms with Crippen molar-refractivity contribution in [2.45, 2.75) is 25.0 Å². The highest BCUT2D eigenvalue weighted by atomic mass is 32.1. The van der Waals surface area contributed by atoms with Gasteiger partial charge in [0.1, 0.15) is 0 Å². The van der Waals surface area contributed by atoms with Crippen molar-refractivity contribution < 1.29 is 9.53 Å². The van der Waals surface area contributed by atoms with Crippen molar-refractivity contribution >= 4 is 17.2 Å². The van der Waals surface area contributed by atoms with Gasteiger partial charge in [-0.15, -0.1) is 11.3 Å². The maximum absolute atomic E-state index is 12.8. The average molecular weight is 337 g/mol. The van der Waals surface area contributed by atoms with Crippen LogP contribution in [0.25, 0.3) is 0 Å². The zero-order valence-corrected chi connectivity index (χ0v) is 14.9. The summed E-state index contributed by atoms with van der Waals surface area (Å²) >= 11 is 1.76. The van der Waals surface area contributed by atoms with Gasteiger partial charge < -0.3 is 14.5 Å². The summed E-state index contributed by atoms with van der Waals surface area (Å²) in [6.45, 7) is 4.75. The molecule has 128 valence electrons. The zero-order valence-electron chi connectivity index (χ0n) is 14.1. The molecular weight excluding hydrogens is 310 g/mol. The molecule has 2 saturated heterocycles. The first-order valence-corrected chi connectivity index (χ1v) is 9.33. The van der Waals surface area contributed by atoms with Crippen molar-refractivity contribution in [3.63, 3.8) is 0 Å². The number of likely N-dealkylation sites (N-methyl/N-ethyl adjacent to an activating group) is 1. The van der Waals surface area contributed by atoms with E-state index in [1.165, 1.54) is 4.88 Å². The molecule has 0 saturated carbocycles. The van der Waals surface area contributed by atoms with Gasteiger partial charge >= 0.3 is 0 Å². The van der Waals surface area contributed by atoms with E-state index in [-0.39, 0.29) is 12.0 Å². The third-order valence-corrected chi connectivity index (χ3v) is 5.57. The van der Waals surface area contributed by atoms with Crippen LogP contribution in [0.3, 0.4) is 0 Å². The molecule has 3 rings (SSSR count). The zero-order chi connectivity index (χ0) is 16.2. The fraction of sp³-hybridized carbons (Fsp3) is 0.706. The number of nitrogens with zero attached hydrogens (tertiary/aromatic N) is 3. The average Bonchev–Trinajstić information content (AvgIpc) is 3.18. The molecular formula is C17H27N3O2S. The molecule has 0 N–H and O–H groups in total. The van der Waals surface area contributed by atoms with Crippen molar-refractivity contribution in [2.24, 2.45) is 0 Å². The van der Waals surface area contributed by atoms with Crippen LogP contribution in [0.15, 0.2) is 17.5 Å². The number of likely N-dealkylation sites (tertiary alicyclic amines) is 1. The fourth-order valence-electron chi connectivity index (χ4n) is 3.57. The summed E-state index contributed by atoms with van der Waals surface area (Å²) in [4.78, 5) is 20.6. The summed E-state index contributed by atoms with van der Waals surface area (Å²) < 4.78 is 5.80. The monoisotopic (exact) mass is 337 g/mol. The maximum Gasteiger partial charge on any atom is 0.237 e. The Hall–Kier alpha value is -0.950. The second-order valence-electron chi connectivity index (χ2n) is 6.75. The van der Waals surface area contributed by atoms with Crippen LogP contribution in [0.5, 0.6) is 0 Å². The molecule has 0 aromatic carbocycles. The lowest BCUT2D eigenvalue weighted by molar-refractivity contribution is -0.135. The number of thiophene rings is 1. The van der Waals surface area contributed by atoms with Crippen LogP contribution < -0.4 is 0 Å². The van der Waals surface area contributed by atoms with Crippen molar-refractivity contribution in [3.05, 3.63) is 22.4 Å². The van der Waals surface area contributed by atoms with Gasteiger partial charge in [0, 0.05) is 31.1 Å². The van der Waals surface area contributed by atoms with Gasteiger partial charge in [-0.25, -0.2) is 0 Å². The quantitative estimate of drug-likeness (QED) is 0.819. The number of morpholine rings is 1. The Morgan fingerprint density at radius 2 is 2.30 bits per heavy atom. The van der Waals surface area contributed by atoms with E-state index in [4.69, 9.17) is 4.74 Å². The molecule has 1 amide bonds. The Kier molecular flexibility index (Phi) is 5.69. The van der Waals surface area contributed by atoms with Crippen LogP contribution in [-0.2, 0) is 9.53 Å². The molecule has 3 heterocycles. The minimum absolute atomic E-state index is 0.207. The van der Waals surface area contributed by atoms with Gasteiger partial charge in [-0.05, 0) is 38.4 Å². The number of amides is 1. The third-order valence-electron chi connectivity index (χ3n) is 4.60. The van der Waals surface area contributed by atoms with E-state index in [1.54, 1.807) is 11.3 Å². The van der Waals surface area contributed by atoms with Gasteiger partial charge in [-0.1, -0.05) is 6.07 Å². The van der Waals surface area contributed by atoms with Gasteiger partial charge in [-0.3, -0.25) is 9.69 Å². The molecule has 2 atom stereocenters. The minimum Gasteiger partial charge on any atom is -0.374 e. The molecule has 2 aliphatic heterocycles. The van der Waals surface area contributed by atoms with Crippen LogP contribution in [0, 0.1) is 0 Å². The first-order chi connectivity index (χ1) is 11.1. The summed E-state index contributed by atoms with van der Waals surface area (Å²) in [5.41, 5.74) is 0. The highest BCUT2D eigenvalue weighted by Gasteiger charge is 2.32. The summed E-state index contributed by atoms with van der Waals surface area (Å²) in [5.74, 6) is 0.270. The maximum atomic E-state index is 12.8. The lowest BCUT2D eigenvalue weighted by atomic mass is 10.2. The number of hydrogen-bond acceptors (Lipinski definition) is 5. The SMILES string of the molecule is CN(C)CC1CN(CC(=O)N2CCCC2c2cccs2)CCO1. The Balaban J connectivity index is 1.56. The van der Waals surface area contributed by atoms with E-state index >= 15 is 0 Å². The Labute approximate surface area is 142 Å². The number of rotatable bonds is 5. The Morgan fingerprint density at radius 3 is 3.04 bits per heavy atom. The van der Waals surface area contributed by atoms with Crippen molar-refractivity contribution in [3.8, 4) is 0 Å². The predicted octanol–water partition coefficient (Wildman–Crippen LogP) is 1.67. The van der Waals surface area contributed by atoms with Crippen LogP contribution >= 0.6 is 11.3 Å². The minimum atomic E-state index is 0.207. The van der Waals surface area contributed by atoms with Gasteiger partial charge in [0.2, 0.25) is 5.91 Å². The van der Waals surface area contributed by atoms with E-state index < -0.39 is 0 Å². The molecule has 0 radical (unpaired) electrons. The molecule has 0 aliphatic carbocycles. The Morgan fingerprint density at radius 1 is 1.43 bits per heavy atom. The van der Waals surface area contributed by atoms with Crippen molar-refractivity contribution in [2.75, 3.05) is 53.4 Å². The van der Waals surface area contributed by atoms with Gasteiger partial charge in [0.25, 0.3) is 0 Å². The summed E-state index contributed by atoms with van der Waals surface area (Å²) in [5, 5.41) is 2.10. The summed E-state index contributed by atoms with van der Waals surface area (Å²) in [6, 6.07) is 4.53. The third kappa shape index (κ3) is 4.32. The molecule has 0 bridgehead atoms. The van der Waals surface area contributed by atoms with Gasteiger partial charge in [-0.2, -0.15) is 0 Å². The Bertz CT molecular complexity index is 506. The van der Waals surface area contributed by atoms with Crippen LogP contribution in [-0.4, -0.2) is 80.1 Å². The standard InChI is InChI=1S/C17H27N3O2S/c1-18(2)11-14-12-19(8-9-22-14)13-17(21)20-7-3-5-15(20)16-6-4-10-23-16/h4,6,10,14-15H,3,5,7-9,11-13H2,1-2H3. The molecule has 6 heteroatoms. The normalized spacial score (nSPS) is 26.1. The van der Waals surface area contributed by atoms with Gasteiger partial charge in [0.05, 0.1) is 25.3 Å². The molecule has 23 heavy (non-hydrogen) atoms. The van der Waals surface area contributed by atoms with Gasteiger partial charge in [0.15, 0.2) is 0 Å². The van der Waals surface area contributed by atoms with E-state index in [0.717, 1.165) is 45.6 Å². The number of hydrogen-bond donors (Lipinski definition) is 0. The van der Waals surface area contributed by atoms with E-state index in [1.807, 2.05) is 0 Å². The number of ether oxygens (including phenoxy) is 1. The first-order valence-electron chi connectivity index (χ1n) is 8.45. The lowest BCUT2D eigenvalue weighted by Gasteiger charge is -2.35. The molecule has 2 aliphatic rings. The highest BCUT2D eigenvalue weighted by molar-refractivity contribution is 7.10. The number of carbonyl (C=O) groups is 1. The van der Waals surface area contributed by atoms with E-state index in [2.05, 4.69) is 46.3 Å². The number of carbonyl (C=O) groups excluding carboxylic acids is 1. The first kappa shape index (κ1) is 16.9. The van der Waals surface area contributed by atoms with E-state index in [9.17, 15) is 4.79 Å². The molecule has 0 spiro atoms. The molecule has 2 fully saturated rings. The van der Waals surface area contributed by atoms with Crippen molar-refractivity contribution in [1.29, 1.82) is 0 Å². The largest absolute Gasteiger partial charge is 0.374 e. The molecule has 1 aromatic rings. The smallest absolute Gasteiger partial charge is 0.237 e. The van der Waals surface area contributed by atoms with E-state index in [0.29, 0.717) is 12.6 Å². The fourth-order valence-corrected chi connectivity index (χ4v) is 4.44. The second-order valence-corrected chi connectivity index (χ2v) is 7.73. The lowest BCUT2D eigenvalue weighted by Crippen LogP contribution is -2.50. The summed E-state index contributed by atoms with van der Waals surface area (Å²) in [7, 11) is 4.12. The second kappa shape index (κ2) is 7.75. The molecule has 5 nitrogen and oxygen atoms in total. The van der Waals surface area contributed by atoms with Crippen molar-refractivity contribution in [1.82, 2.24) is 14.7 Å². The highest BCUT2D eigenvalue weighted by Crippen LogP contribution is 2.34. The van der Waals surface area contributed by atoms with Crippen LogP contribution in [0.4, 0.5) is 0 Å². The molecule has 2 unspecified atom stereocenters.